The highest BCUT2D eigenvalue weighted by atomic mass is 35.5. The average Bonchev–Trinajstić information content (AvgIpc) is 2.59. The Morgan fingerprint density at radius 3 is 2.38 bits per heavy atom. The van der Waals surface area contributed by atoms with Gasteiger partial charge in [0.25, 0.3) is 5.91 Å². The molecule has 0 aromatic heterocycles. The third kappa shape index (κ3) is 6.11. The number of halogens is 3. The lowest BCUT2D eigenvalue weighted by Gasteiger charge is -2.10. The van der Waals surface area contributed by atoms with Crippen LogP contribution < -0.4 is 16.2 Å². The van der Waals surface area contributed by atoms with Gasteiger partial charge in [0.2, 0.25) is 5.91 Å². The van der Waals surface area contributed by atoms with E-state index in [9.17, 15) is 14.0 Å². The summed E-state index contributed by atoms with van der Waals surface area (Å²) < 4.78 is 12.8. The van der Waals surface area contributed by atoms with E-state index in [1.54, 1.807) is 0 Å². The zero-order valence-electron chi connectivity index (χ0n) is 13.1. The third-order valence-corrected chi connectivity index (χ3v) is 3.75. The average molecular weight is 412 g/mol. The van der Waals surface area contributed by atoms with Gasteiger partial charge in [0.05, 0.1) is 10.6 Å². The highest BCUT2D eigenvalue weighted by Crippen LogP contribution is 2.20. The van der Waals surface area contributed by atoms with Crippen LogP contribution in [0.25, 0.3) is 6.08 Å². The molecular formula is C17H12Cl2FN3O2S. The predicted octanol–water partition coefficient (Wildman–Crippen LogP) is 3.48. The van der Waals surface area contributed by atoms with E-state index in [-0.39, 0.29) is 21.5 Å². The highest BCUT2D eigenvalue weighted by Gasteiger charge is 2.11. The lowest BCUT2D eigenvalue weighted by atomic mass is 10.2. The van der Waals surface area contributed by atoms with Gasteiger partial charge >= 0.3 is 0 Å². The molecule has 26 heavy (non-hydrogen) atoms. The predicted molar refractivity (Wildman–Crippen MR) is 103 cm³/mol. The summed E-state index contributed by atoms with van der Waals surface area (Å²) in [7, 11) is 0. The largest absolute Gasteiger partial charge is 0.298 e. The standard InChI is InChI=1S/C17H12Cl2FN3O2S/c18-11-4-7-13(14(19)9-11)16(25)22-23-17(26)21-15(24)8-3-10-1-5-12(20)6-2-10/h1-9H,(H,22,25)(H2,21,23,24,26). The molecule has 2 rings (SSSR count). The molecule has 2 amide bonds. The van der Waals surface area contributed by atoms with Crippen LogP contribution in [0.4, 0.5) is 4.39 Å². The van der Waals surface area contributed by atoms with Crippen molar-refractivity contribution in [2.75, 3.05) is 0 Å². The van der Waals surface area contributed by atoms with Crippen molar-refractivity contribution >= 4 is 58.4 Å². The zero-order chi connectivity index (χ0) is 19.1. The summed E-state index contributed by atoms with van der Waals surface area (Å²) in [5.74, 6) is -1.44. The van der Waals surface area contributed by atoms with Gasteiger partial charge in [-0.05, 0) is 54.2 Å². The van der Waals surface area contributed by atoms with Gasteiger partial charge in [-0.15, -0.1) is 0 Å². The van der Waals surface area contributed by atoms with Crippen molar-refractivity contribution in [3.05, 3.63) is 75.5 Å². The Kier molecular flexibility index (Phi) is 7.08. The SMILES string of the molecule is O=C(C=Cc1ccc(F)cc1)NC(=S)NNC(=O)c1ccc(Cl)cc1Cl. The van der Waals surface area contributed by atoms with E-state index in [0.29, 0.717) is 10.6 Å². The molecule has 0 aliphatic carbocycles. The molecule has 0 aliphatic heterocycles. The summed E-state index contributed by atoms with van der Waals surface area (Å²) in [6, 6.07) is 10.00. The van der Waals surface area contributed by atoms with Gasteiger partial charge in [-0.2, -0.15) is 0 Å². The second kappa shape index (κ2) is 9.28. The number of benzene rings is 2. The molecule has 0 unspecified atom stereocenters. The van der Waals surface area contributed by atoms with E-state index in [0.717, 1.165) is 0 Å². The first-order valence-corrected chi connectivity index (χ1v) is 8.31. The number of amides is 2. The minimum absolute atomic E-state index is 0.114. The first-order valence-electron chi connectivity index (χ1n) is 7.15. The van der Waals surface area contributed by atoms with E-state index in [1.165, 1.54) is 54.6 Å². The quantitative estimate of drug-likeness (QED) is 0.410. The fraction of sp³-hybridized carbons (Fsp3) is 0. The molecule has 0 atom stereocenters. The minimum atomic E-state index is -0.551. The van der Waals surface area contributed by atoms with Gasteiger partial charge in [0.1, 0.15) is 5.82 Å². The number of thiocarbonyl (C=S) groups is 1. The fourth-order valence-corrected chi connectivity index (χ4v) is 2.43. The maximum absolute atomic E-state index is 12.8. The Morgan fingerprint density at radius 2 is 1.73 bits per heavy atom. The Balaban J connectivity index is 1.83. The second-order valence-electron chi connectivity index (χ2n) is 4.91. The number of hydrogen-bond acceptors (Lipinski definition) is 3. The smallest absolute Gasteiger partial charge is 0.271 e. The van der Waals surface area contributed by atoms with Crippen LogP contribution in [-0.4, -0.2) is 16.9 Å². The van der Waals surface area contributed by atoms with E-state index in [4.69, 9.17) is 35.4 Å². The van der Waals surface area contributed by atoms with Gasteiger partial charge in [-0.25, -0.2) is 4.39 Å². The second-order valence-corrected chi connectivity index (χ2v) is 6.16. The first-order chi connectivity index (χ1) is 12.3. The van der Waals surface area contributed by atoms with Crippen LogP contribution in [0.15, 0.2) is 48.5 Å². The van der Waals surface area contributed by atoms with Crippen LogP contribution in [0.1, 0.15) is 15.9 Å². The van der Waals surface area contributed by atoms with E-state index in [2.05, 4.69) is 16.2 Å². The summed E-state index contributed by atoms with van der Waals surface area (Å²) in [6.07, 6.45) is 2.71. The molecule has 0 spiro atoms. The van der Waals surface area contributed by atoms with Crippen molar-refractivity contribution in [3.8, 4) is 0 Å². The normalized spacial score (nSPS) is 10.4. The Bertz CT molecular complexity index is 873. The van der Waals surface area contributed by atoms with Gasteiger partial charge < -0.3 is 0 Å². The monoisotopic (exact) mass is 411 g/mol. The Hall–Kier alpha value is -2.48. The number of hydrazine groups is 1. The maximum atomic E-state index is 12.8. The molecule has 5 nitrogen and oxygen atoms in total. The van der Waals surface area contributed by atoms with Gasteiger partial charge in [0.15, 0.2) is 5.11 Å². The van der Waals surface area contributed by atoms with Crippen LogP contribution in [0, 0.1) is 5.82 Å². The Labute approximate surface area is 164 Å². The molecule has 0 heterocycles. The van der Waals surface area contributed by atoms with Gasteiger partial charge in [-0.3, -0.25) is 25.8 Å². The van der Waals surface area contributed by atoms with Crippen LogP contribution in [0.3, 0.4) is 0 Å². The number of nitrogens with one attached hydrogen (secondary N) is 3. The number of carbonyl (C=O) groups is 2. The molecule has 9 heteroatoms. The lowest BCUT2D eigenvalue weighted by molar-refractivity contribution is -0.115. The molecule has 2 aromatic rings. The lowest BCUT2D eigenvalue weighted by Crippen LogP contribution is -2.48. The van der Waals surface area contributed by atoms with Crippen molar-refractivity contribution in [2.24, 2.45) is 0 Å². The fourth-order valence-electron chi connectivity index (χ4n) is 1.79. The van der Waals surface area contributed by atoms with E-state index < -0.39 is 11.8 Å². The van der Waals surface area contributed by atoms with Crippen molar-refractivity contribution in [3.63, 3.8) is 0 Å². The van der Waals surface area contributed by atoms with Crippen molar-refractivity contribution in [1.82, 2.24) is 16.2 Å². The van der Waals surface area contributed by atoms with E-state index >= 15 is 0 Å². The summed E-state index contributed by atoms with van der Waals surface area (Å²) in [5.41, 5.74) is 5.52. The molecule has 0 fully saturated rings. The number of carbonyl (C=O) groups excluding carboxylic acids is 2. The number of hydrogen-bond donors (Lipinski definition) is 3. The van der Waals surface area contributed by atoms with E-state index in [1.807, 2.05) is 0 Å². The molecule has 0 radical (unpaired) electrons. The molecule has 2 aromatic carbocycles. The minimum Gasteiger partial charge on any atom is -0.298 e. The molecule has 0 saturated carbocycles. The first kappa shape index (κ1) is 19.8. The molecule has 0 saturated heterocycles. The molecule has 3 N–H and O–H groups in total. The van der Waals surface area contributed by atoms with Crippen LogP contribution in [0.2, 0.25) is 10.0 Å². The van der Waals surface area contributed by atoms with Crippen LogP contribution in [-0.2, 0) is 4.79 Å². The van der Waals surface area contributed by atoms with Crippen molar-refractivity contribution < 1.29 is 14.0 Å². The maximum Gasteiger partial charge on any atom is 0.271 e. The van der Waals surface area contributed by atoms with Crippen molar-refractivity contribution in [1.29, 1.82) is 0 Å². The molecule has 134 valence electrons. The topological polar surface area (TPSA) is 70.2 Å². The summed E-state index contributed by atoms with van der Waals surface area (Å²) in [4.78, 5) is 23.7. The summed E-state index contributed by atoms with van der Waals surface area (Å²) >= 11 is 16.6. The zero-order valence-corrected chi connectivity index (χ0v) is 15.4. The molecule has 0 bridgehead atoms. The highest BCUT2D eigenvalue weighted by molar-refractivity contribution is 7.80. The summed E-state index contributed by atoms with van der Waals surface area (Å²) in [6.45, 7) is 0. The Morgan fingerprint density at radius 1 is 1.04 bits per heavy atom. The van der Waals surface area contributed by atoms with Gasteiger partial charge in [0, 0.05) is 11.1 Å². The van der Waals surface area contributed by atoms with Crippen LogP contribution >= 0.6 is 35.4 Å². The van der Waals surface area contributed by atoms with Crippen molar-refractivity contribution in [2.45, 2.75) is 0 Å². The third-order valence-electron chi connectivity index (χ3n) is 3.00. The summed E-state index contributed by atoms with van der Waals surface area (Å²) in [5, 5.41) is 2.80. The molecule has 0 aliphatic rings. The van der Waals surface area contributed by atoms with Crippen LogP contribution in [0.5, 0.6) is 0 Å². The molecular weight excluding hydrogens is 400 g/mol. The number of rotatable bonds is 3. The van der Waals surface area contributed by atoms with Gasteiger partial charge in [-0.1, -0.05) is 35.3 Å².